The number of phenols is 1. The number of carboxylic acid groups (broad SMARTS) is 1. The number of aromatic carboxylic acids is 1. The molecule has 1 heterocycles. The van der Waals surface area contributed by atoms with Crippen LogP contribution in [-0.4, -0.2) is 69.5 Å². The standard InChI is InChI=1S/C17H23BN2O6/c19-17(3-4-17)8-20-6-9(7-20)26-13-2-1-10(11-5-12(11)18(24)25)15(21)14(13)16(22)23/h1-2,9,11-12,21,24-25H,3-8,19H2,(H,22,23)/t11-,12-/m1/s1. The van der Waals surface area contributed by atoms with E-state index in [0.29, 0.717) is 25.1 Å². The van der Waals surface area contributed by atoms with E-state index >= 15 is 0 Å². The van der Waals surface area contributed by atoms with Gasteiger partial charge in [0.2, 0.25) is 0 Å². The number of nitrogens with zero attached hydrogens (tertiary/aromatic N) is 1. The molecular formula is C17H23BN2O6. The van der Waals surface area contributed by atoms with Crippen molar-refractivity contribution in [2.45, 2.75) is 42.6 Å². The first-order valence-corrected chi connectivity index (χ1v) is 8.90. The van der Waals surface area contributed by atoms with Crippen molar-refractivity contribution in [1.82, 2.24) is 4.90 Å². The molecule has 4 rings (SSSR count). The highest BCUT2D eigenvalue weighted by molar-refractivity contribution is 6.44. The number of hydrogen-bond donors (Lipinski definition) is 5. The summed E-state index contributed by atoms with van der Waals surface area (Å²) in [5, 5.41) is 38.4. The third-order valence-corrected chi connectivity index (χ3v) is 5.66. The minimum Gasteiger partial charge on any atom is -0.507 e. The van der Waals surface area contributed by atoms with Crippen molar-refractivity contribution < 1.29 is 29.8 Å². The first kappa shape index (κ1) is 17.6. The van der Waals surface area contributed by atoms with Gasteiger partial charge in [-0.1, -0.05) is 6.07 Å². The van der Waals surface area contributed by atoms with Crippen LogP contribution in [0, 0.1) is 0 Å². The fourth-order valence-electron chi connectivity index (χ4n) is 3.76. The van der Waals surface area contributed by atoms with Crippen LogP contribution in [0.3, 0.4) is 0 Å². The Balaban J connectivity index is 1.45. The van der Waals surface area contributed by atoms with Gasteiger partial charge in [-0.3, -0.25) is 4.90 Å². The van der Waals surface area contributed by atoms with E-state index in [1.807, 2.05) is 0 Å². The Kier molecular flexibility index (Phi) is 4.15. The molecule has 26 heavy (non-hydrogen) atoms. The quantitative estimate of drug-likeness (QED) is 0.427. The summed E-state index contributed by atoms with van der Waals surface area (Å²) in [7, 11) is -1.47. The SMILES string of the molecule is NC1(CN2CC(Oc3ccc([C@H]4C[C@H]4B(O)O)c(O)c3C(=O)O)C2)CC1. The highest BCUT2D eigenvalue weighted by atomic mass is 16.5. The first-order valence-electron chi connectivity index (χ1n) is 8.90. The zero-order valence-electron chi connectivity index (χ0n) is 14.3. The second kappa shape index (κ2) is 6.12. The topological polar surface area (TPSA) is 136 Å². The molecule has 0 bridgehead atoms. The molecule has 0 spiro atoms. The van der Waals surface area contributed by atoms with E-state index in [1.54, 1.807) is 12.1 Å². The fourth-order valence-corrected chi connectivity index (χ4v) is 3.76. The molecule has 0 radical (unpaired) electrons. The minimum absolute atomic E-state index is 0.0603. The van der Waals surface area contributed by atoms with E-state index in [-0.39, 0.29) is 40.4 Å². The number of ether oxygens (including phenoxy) is 1. The molecule has 8 nitrogen and oxygen atoms in total. The number of nitrogens with two attached hydrogens (primary N) is 1. The fraction of sp³-hybridized carbons (Fsp3) is 0.588. The maximum atomic E-state index is 11.6. The predicted octanol–water partition coefficient (Wildman–Crippen LogP) is -0.0250. The number of likely N-dealkylation sites (tertiary alicyclic amines) is 1. The average molecular weight is 362 g/mol. The third kappa shape index (κ3) is 3.27. The Hall–Kier alpha value is -1.81. The molecule has 0 unspecified atom stereocenters. The third-order valence-electron chi connectivity index (χ3n) is 5.66. The molecule has 2 aliphatic carbocycles. The van der Waals surface area contributed by atoms with Crippen LogP contribution in [0.25, 0.3) is 0 Å². The van der Waals surface area contributed by atoms with E-state index in [4.69, 9.17) is 10.5 Å². The van der Waals surface area contributed by atoms with Gasteiger partial charge in [-0.2, -0.15) is 0 Å². The monoisotopic (exact) mass is 362 g/mol. The van der Waals surface area contributed by atoms with Gasteiger partial charge in [-0.25, -0.2) is 4.79 Å². The molecule has 2 atom stereocenters. The van der Waals surface area contributed by atoms with Gasteiger partial charge in [0, 0.05) is 31.0 Å². The lowest BCUT2D eigenvalue weighted by atomic mass is 9.81. The highest BCUT2D eigenvalue weighted by Crippen LogP contribution is 2.56. The Labute approximate surface area is 151 Å². The molecule has 6 N–H and O–H groups in total. The molecule has 1 aromatic rings. The summed E-state index contributed by atoms with van der Waals surface area (Å²) in [6.07, 6.45) is 2.45. The van der Waals surface area contributed by atoms with Crippen LogP contribution in [0.5, 0.6) is 11.5 Å². The predicted molar refractivity (Wildman–Crippen MR) is 93.4 cm³/mol. The average Bonchev–Trinajstić information content (AvgIpc) is 3.42. The highest BCUT2D eigenvalue weighted by Gasteiger charge is 2.48. The Morgan fingerprint density at radius 3 is 2.58 bits per heavy atom. The maximum absolute atomic E-state index is 11.6. The smallest absolute Gasteiger partial charge is 0.455 e. The van der Waals surface area contributed by atoms with Crippen LogP contribution in [0.4, 0.5) is 0 Å². The maximum Gasteiger partial charge on any atom is 0.455 e. The van der Waals surface area contributed by atoms with Crippen molar-refractivity contribution in [3.63, 3.8) is 0 Å². The van der Waals surface area contributed by atoms with Gasteiger partial charge < -0.3 is 30.7 Å². The number of carboxylic acids is 1. The van der Waals surface area contributed by atoms with Gasteiger partial charge in [0.15, 0.2) is 0 Å². The second-order valence-corrected chi connectivity index (χ2v) is 7.90. The molecule has 0 aromatic heterocycles. The number of aromatic hydroxyl groups is 1. The van der Waals surface area contributed by atoms with E-state index < -0.39 is 13.1 Å². The van der Waals surface area contributed by atoms with Gasteiger partial charge >= 0.3 is 13.1 Å². The minimum atomic E-state index is -1.47. The molecule has 3 aliphatic rings. The van der Waals surface area contributed by atoms with Gasteiger partial charge in [0.05, 0.1) is 0 Å². The summed E-state index contributed by atoms with van der Waals surface area (Å²) in [6, 6.07) is 3.16. The summed E-state index contributed by atoms with van der Waals surface area (Å²) in [4.78, 5) is 13.8. The summed E-state index contributed by atoms with van der Waals surface area (Å²) >= 11 is 0. The molecule has 1 saturated heterocycles. The van der Waals surface area contributed by atoms with Gasteiger partial charge in [0.25, 0.3) is 0 Å². The van der Waals surface area contributed by atoms with Crippen molar-refractivity contribution in [2.75, 3.05) is 19.6 Å². The van der Waals surface area contributed by atoms with E-state index in [0.717, 1.165) is 19.4 Å². The zero-order valence-corrected chi connectivity index (χ0v) is 14.3. The van der Waals surface area contributed by atoms with Gasteiger partial charge in [0.1, 0.15) is 23.2 Å². The lowest BCUT2D eigenvalue weighted by Gasteiger charge is -2.40. The van der Waals surface area contributed by atoms with Gasteiger partial charge in [-0.05, 0) is 36.8 Å². The van der Waals surface area contributed by atoms with Crippen molar-refractivity contribution >= 4 is 13.1 Å². The lowest BCUT2D eigenvalue weighted by Crippen LogP contribution is -2.57. The zero-order chi connectivity index (χ0) is 18.6. The molecule has 1 aliphatic heterocycles. The van der Waals surface area contributed by atoms with Gasteiger partial charge in [-0.15, -0.1) is 0 Å². The molecule has 9 heteroatoms. The van der Waals surface area contributed by atoms with E-state index in [2.05, 4.69) is 4.90 Å². The second-order valence-electron chi connectivity index (χ2n) is 7.90. The van der Waals surface area contributed by atoms with E-state index in [9.17, 15) is 25.1 Å². The van der Waals surface area contributed by atoms with Crippen molar-refractivity contribution in [1.29, 1.82) is 0 Å². The summed E-state index contributed by atoms with van der Waals surface area (Å²) < 4.78 is 5.80. The van der Waals surface area contributed by atoms with Crippen LogP contribution in [0.15, 0.2) is 12.1 Å². The largest absolute Gasteiger partial charge is 0.507 e. The first-order chi connectivity index (χ1) is 12.3. The molecular weight excluding hydrogens is 339 g/mol. The lowest BCUT2D eigenvalue weighted by molar-refractivity contribution is 0.0137. The van der Waals surface area contributed by atoms with E-state index in [1.165, 1.54) is 0 Å². The van der Waals surface area contributed by atoms with Crippen molar-refractivity contribution in [3.8, 4) is 11.5 Å². The van der Waals surface area contributed by atoms with Crippen LogP contribution in [-0.2, 0) is 0 Å². The Morgan fingerprint density at radius 2 is 2.04 bits per heavy atom. The number of benzene rings is 1. The summed E-state index contributed by atoms with van der Waals surface area (Å²) in [5.41, 5.74) is 6.18. The summed E-state index contributed by atoms with van der Waals surface area (Å²) in [5.74, 6) is -2.10. The number of carbonyl (C=O) groups is 1. The molecule has 140 valence electrons. The number of rotatable bonds is 7. The molecule has 1 aromatic carbocycles. The molecule has 2 saturated carbocycles. The van der Waals surface area contributed by atoms with Crippen LogP contribution < -0.4 is 10.5 Å². The van der Waals surface area contributed by atoms with Crippen molar-refractivity contribution in [3.05, 3.63) is 23.3 Å². The van der Waals surface area contributed by atoms with Crippen LogP contribution in [0.1, 0.15) is 41.1 Å². The Bertz CT molecular complexity index is 732. The van der Waals surface area contributed by atoms with Crippen LogP contribution in [0.2, 0.25) is 5.82 Å². The molecule has 0 amide bonds. The Morgan fingerprint density at radius 1 is 1.35 bits per heavy atom. The number of hydrogen-bond acceptors (Lipinski definition) is 7. The molecule has 3 fully saturated rings. The van der Waals surface area contributed by atoms with Crippen molar-refractivity contribution in [2.24, 2.45) is 5.73 Å². The van der Waals surface area contributed by atoms with Crippen LogP contribution >= 0.6 is 0 Å². The summed E-state index contributed by atoms with van der Waals surface area (Å²) in [6.45, 7) is 2.19. The normalized spacial score (nSPS) is 26.9.